The molecule has 116 valence electrons. The van der Waals surface area contributed by atoms with E-state index in [0.29, 0.717) is 0 Å². The third-order valence-corrected chi connectivity index (χ3v) is 4.24. The lowest BCUT2D eigenvalue weighted by Crippen LogP contribution is -2.51. The summed E-state index contributed by atoms with van der Waals surface area (Å²) in [5.74, 6) is 0. The molecule has 0 aromatic heterocycles. The van der Waals surface area contributed by atoms with Gasteiger partial charge in [-0.05, 0) is 25.0 Å². The van der Waals surface area contributed by atoms with E-state index >= 15 is 0 Å². The zero-order chi connectivity index (χ0) is 15.4. The number of hydrogen-bond donors (Lipinski definition) is 1. The number of non-ortho nitro benzene ring substituents is 1. The highest BCUT2D eigenvalue weighted by atomic mass is 16.6. The van der Waals surface area contributed by atoms with Gasteiger partial charge in [0.1, 0.15) is 0 Å². The van der Waals surface area contributed by atoms with Gasteiger partial charge in [0, 0.05) is 50.0 Å². The van der Waals surface area contributed by atoms with E-state index in [1.165, 1.54) is 0 Å². The molecule has 1 N–H and O–H groups in total. The van der Waals surface area contributed by atoms with Gasteiger partial charge in [-0.25, -0.2) is 0 Å². The molecule has 6 heteroatoms. The summed E-state index contributed by atoms with van der Waals surface area (Å²) in [6.45, 7) is 7.80. The summed E-state index contributed by atoms with van der Waals surface area (Å²) in [6, 6.07) is 5.28. The Bertz CT molecular complexity index is 495. The van der Waals surface area contributed by atoms with E-state index in [1.54, 1.807) is 12.1 Å². The lowest BCUT2D eigenvalue weighted by atomic mass is 10.1. The van der Waals surface area contributed by atoms with Crippen LogP contribution in [0.3, 0.4) is 0 Å². The fourth-order valence-electron chi connectivity index (χ4n) is 2.94. The summed E-state index contributed by atoms with van der Waals surface area (Å²) >= 11 is 0. The quantitative estimate of drug-likeness (QED) is 0.662. The normalized spacial score (nSPS) is 17.8. The van der Waals surface area contributed by atoms with Crippen molar-refractivity contribution in [3.05, 3.63) is 33.9 Å². The maximum atomic E-state index is 10.8. The maximum absolute atomic E-state index is 10.8. The SMILES string of the molecule is CCC(CO)N1CCN(c2ccc([N+](=O)[O-])cc2C)CC1. The highest BCUT2D eigenvalue weighted by Gasteiger charge is 2.23. The van der Waals surface area contributed by atoms with Crippen molar-refractivity contribution in [2.45, 2.75) is 26.3 Å². The van der Waals surface area contributed by atoms with Crippen LogP contribution in [0.25, 0.3) is 0 Å². The molecule has 1 aromatic rings. The molecule has 0 aliphatic carbocycles. The molecule has 1 fully saturated rings. The molecule has 0 saturated carbocycles. The summed E-state index contributed by atoms with van der Waals surface area (Å²) in [4.78, 5) is 15.0. The van der Waals surface area contributed by atoms with Crippen LogP contribution in [0.2, 0.25) is 0 Å². The number of hydrogen-bond acceptors (Lipinski definition) is 5. The van der Waals surface area contributed by atoms with Gasteiger partial charge in [-0.15, -0.1) is 0 Å². The van der Waals surface area contributed by atoms with Crippen LogP contribution in [0.4, 0.5) is 11.4 Å². The average Bonchev–Trinajstić information content (AvgIpc) is 2.49. The Morgan fingerprint density at radius 3 is 2.48 bits per heavy atom. The first-order valence-electron chi connectivity index (χ1n) is 7.41. The second-order valence-corrected chi connectivity index (χ2v) is 5.50. The van der Waals surface area contributed by atoms with Gasteiger partial charge >= 0.3 is 0 Å². The Labute approximate surface area is 125 Å². The predicted octanol–water partition coefficient (Wildman–Crippen LogP) is 1.80. The molecule has 21 heavy (non-hydrogen) atoms. The van der Waals surface area contributed by atoms with Crippen LogP contribution in [0.15, 0.2) is 18.2 Å². The van der Waals surface area contributed by atoms with Gasteiger partial charge in [0.15, 0.2) is 0 Å². The molecule has 0 amide bonds. The van der Waals surface area contributed by atoms with Crippen LogP contribution < -0.4 is 4.90 Å². The van der Waals surface area contributed by atoms with Gasteiger partial charge in [0.05, 0.1) is 11.5 Å². The summed E-state index contributed by atoms with van der Waals surface area (Å²) < 4.78 is 0. The molecular weight excluding hydrogens is 270 g/mol. The smallest absolute Gasteiger partial charge is 0.269 e. The van der Waals surface area contributed by atoms with E-state index in [-0.39, 0.29) is 23.3 Å². The Hall–Kier alpha value is -1.66. The largest absolute Gasteiger partial charge is 0.395 e. The fourth-order valence-corrected chi connectivity index (χ4v) is 2.94. The van der Waals surface area contributed by atoms with E-state index < -0.39 is 0 Å². The van der Waals surface area contributed by atoms with Crippen molar-refractivity contribution in [2.24, 2.45) is 0 Å². The number of aliphatic hydroxyl groups excluding tert-OH is 1. The lowest BCUT2D eigenvalue weighted by molar-refractivity contribution is -0.384. The van der Waals surface area contributed by atoms with Crippen LogP contribution in [0.5, 0.6) is 0 Å². The number of aliphatic hydroxyl groups is 1. The van der Waals surface area contributed by atoms with Crippen LogP contribution in [-0.4, -0.2) is 53.8 Å². The minimum atomic E-state index is -0.359. The molecule has 2 rings (SSSR count). The predicted molar refractivity (Wildman–Crippen MR) is 82.8 cm³/mol. The Kier molecular flexibility index (Phi) is 5.14. The molecule has 1 heterocycles. The third-order valence-electron chi connectivity index (χ3n) is 4.24. The molecule has 0 radical (unpaired) electrons. The van der Waals surface area contributed by atoms with Crippen molar-refractivity contribution in [3.8, 4) is 0 Å². The van der Waals surface area contributed by atoms with Gasteiger partial charge in [0.2, 0.25) is 0 Å². The first-order valence-corrected chi connectivity index (χ1v) is 7.41. The summed E-state index contributed by atoms with van der Waals surface area (Å²) in [5, 5.41) is 20.2. The number of nitro groups is 1. The van der Waals surface area contributed by atoms with Gasteiger partial charge in [-0.2, -0.15) is 0 Å². The molecular formula is C15H23N3O3. The minimum absolute atomic E-state index is 0.140. The summed E-state index contributed by atoms with van der Waals surface area (Å²) in [7, 11) is 0. The number of aryl methyl sites for hydroxylation is 1. The number of benzene rings is 1. The van der Waals surface area contributed by atoms with E-state index in [0.717, 1.165) is 43.9 Å². The fraction of sp³-hybridized carbons (Fsp3) is 0.600. The average molecular weight is 293 g/mol. The topological polar surface area (TPSA) is 69.8 Å². The van der Waals surface area contributed by atoms with Crippen molar-refractivity contribution in [2.75, 3.05) is 37.7 Å². The highest BCUT2D eigenvalue weighted by molar-refractivity contribution is 5.57. The Morgan fingerprint density at radius 2 is 2.00 bits per heavy atom. The zero-order valence-corrected chi connectivity index (χ0v) is 12.7. The van der Waals surface area contributed by atoms with Crippen LogP contribution in [0.1, 0.15) is 18.9 Å². The molecule has 0 bridgehead atoms. The van der Waals surface area contributed by atoms with Crippen LogP contribution in [0, 0.1) is 17.0 Å². The second-order valence-electron chi connectivity index (χ2n) is 5.50. The number of nitrogens with zero attached hydrogens (tertiary/aromatic N) is 3. The van der Waals surface area contributed by atoms with Crippen LogP contribution in [-0.2, 0) is 0 Å². The molecule has 6 nitrogen and oxygen atoms in total. The first kappa shape index (κ1) is 15.7. The van der Waals surface area contributed by atoms with Crippen LogP contribution >= 0.6 is 0 Å². The van der Waals surface area contributed by atoms with E-state index in [9.17, 15) is 15.2 Å². The molecule has 1 atom stereocenters. The molecule has 1 aliphatic rings. The van der Waals surface area contributed by atoms with Crippen molar-refractivity contribution >= 4 is 11.4 Å². The van der Waals surface area contributed by atoms with Gasteiger partial charge in [-0.1, -0.05) is 6.92 Å². The molecule has 1 aliphatic heterocycles. The number of anilines is 1. The van der Waals surface area contributed by atoms with Gasteiger partial charge in [-0.3, -0.25) is 15.0 Å². The number of nitro benzene ring substituents is 1. The molecule has 1 saturated heterocycles. The molecule has 1 unspecified atom stereocenters. The standard InChI is InChI=1S/C15H23N3O3/c1-3-13(11-19)16-6-8-17(9-7-16)15-5-4-14(18(20)21)10-12(15)2/h4-5,10,13,19H,3,6-9,11H2,1-2H3. The van der Waals surface area contributed by atoms with Crippen molar-refractivity contribution in [3.63, 3.8) is 0 Å². The highest BCUT2D eigenvalue weighted by Crippen LogP contribution is 2.26. The van der Waals surface area contributed by atoms with Crippen molar-refractivity contribution in [1.82, 2.24) is 4.90 Å². The number of rotatable bonds is 5. The van der Waals surface area contributed by atoms with E-state index in [2.05, 4.69) is 16.7 Å². The Balaban J connectivity index is 2.04. The zero-order valence-electron chi connectivity index (χ0n) is 12.7. The molecule has 1 aromatic carbocycles. The monoisotopic (exact) mass is 293 g/mol. The van der Waals surface area contributed by atoms with Gasteiger partial charge in [0.25, 0.3) is 5.69 Å². The molecule has 0 spiro atoms. The summed E-state index contributed by atoms with van der Waals surface area (Å²) in [5.41, 5.74) is 2.14. The second kappa shape index (κ2) is 6.87. The van der Waals surface area contributed by atoms with Gasteiger partial charge < -0.3 is 10.0 Å². The van der Waals surface area contributed by atoms with Crippen molar-refractivity contribution < 1.29 is 10.0 Å². The first-order chi connectivity index (χ1) is 10.1. The lowest BCUT2D eigenvalue weighted by Gasteiger charge is -2.39. The minimum Gasteiger partial charge on any atom is -0.395 e. The number of piperazine rings is 1. The van der Waals surface area contributed by atoms with E-state index in [1.807, 2.05) is 13.0 Å². The maximum Gasteiger partial charge on any atom is 0.269 e. The van der Waals surface area contributed by atoms with E-state index in [4.69, 9.17) is 0 Å². The summed E-state index contributed by atoms with van der Waals surface area (Å²) in [6.07, 6.45) is 0.951. The third kappa shape index (κ3) is 3.51. The Morgan fingerprint density at radius 1 is 1.33 bits per heavy atom. The van der Waals surface area contributed by atoms with Crippen molar-refractivity contribution in [1.29, 1.82) is 0 Å².